The van der Waals surface area contributed by atoms with Crippen molar-refractivity contribution in [1.82, 2.24) is 0 Å². The highest BCUT2D eigenvalue weighted by Crippen LogP contribution is 2.68. The molecule has 0 unspecified atom stereocenters. The van der Waals surface area contributed by atoms with Crippen LogP contribution in [0.3, 0.4) is 0 Å². The number of thiocarbonyl (C=S) groups is 1. The Bertz CT molecular complexity index is 582. The number of amides is 1. The smallest absolute Gasteiger partial charge is 0.228 e. The molecular formula is C15H19BrN2OS. The van der Waals surface area contributed by atoms with Crippen LogP contribution in [0.1, 0.15) is 33.3 Å². The van der Waals surface area contributed by atoms with Crippen molar-refractivity contribution in [1.29, 1.82) is 0 Å². The Labute approximate surface area is 133 Å². The van der Waals surface area contributed by atoms with Crippen molar-refractivity contribution in [2.75, 3.05) is 5.32 Å². The zero-order chi connectivity index (χ0) is 15.3. The Morgan fingerprint density at radius 2 is 1.85 bits per heavy atom. The van der Waals surface area contributed by atoms with Gasteiger partial charge >= 0.3 is 0 Å². The lowest BCUT2D eigenvalue weighted by atomic mass is 10.0. The number of nitrogens with one attached hydrogen (secondary N) is 1. The molecule has 0 saturated heterocycles. The highest BCUT2D eigenvalue weighted by Gasteiger charge is 2.68. The fraction of sp³-hybridized carbons (Fsp3) is 0.467. The van der Waals surface area contributed by atoms with Gasteiger partial charge in [0.1, 0.15) is 4.99 Å². The molecule has 0 atom stereocenters. The van der Waals surface area contributed by atoms with Gasteiger partial charge in [0.25, 0.3) is 0 Å². The lowest BCUT2D eigenvalue weighted by Gasteiger charge is -2.11. The van der Waals surface area contributed by atoms with E-state index in [9.17, 15) is 4.79 Å². The number of hydrogen-bond donors (Lipinski definition) is 2. The molecule has 5 heteroatoms. The van der Waals surface area contributed by atoms with Crippen molar-refractivity contribution in [2.24, 2.45) is 22.5 Å². The summed E-state index contributed by atoms with van der Waals surface area (Å²) in [5, 5.41) is 2.96. The summed E-state index contributed by atoms with van der Waals surface area (Å²) in [5.41, 5.74) is 7.09. The Kier molecular flexibility index (Phi) is 3.71. The van der Waals surface area contributed by atoms with E-state index >= 15 is 0 Å². The van der Waals surface area contributed by atoms with Gasteiger partial charge in [-0.2, -0.15) is 0 Å². The third-order valence-electron chi connectivity index (χ3n) is 4.79. The maximum atomic E-state index is 12.5. The highest BCUT2D eigenvalue weighted by atomic mass is 79.9. The second-order valence-corrected chi connectivity index (χ2v) is 7.78. The van der Waals surface area contributed by atoms with E-state index in [2.05, 4.69) is 48.9 Å². The number of carbonyl (C=O) groups excluding carboxylic acids is 1. The first-order valence-corrected chi connectivity index (χ1v) is 7.69. The van der Waals surface area contributed by atoms with Crippen molar-refractivity contribution in [3.8, 4) is 0 Å². The number of benzene rings is 1. The first-order valence-electron chi connectivity index (χ1n) is 6.49. The van der Waals surface area contributed by atoms with Gasteiger partial charge in [-0.3, -0.25) is 4.79 Å². The topological polar surface area (TPSA) is 55.1 Å². The molecule has 0 spiro atoms. The SMILES string of the molecule is CC1(C)C(C(=O)Nc2ccc(Br)cc2C(N)=S)C1(C)C. The van der Waals surface area contributed by atoms with Gasteiger partial charge in [-0.05, 0) is 29.0 Å². The molecule has 0 radical (unpaired) electrons. The lowest BCUT2D eigenvalue weighted by Crippen LogP contribution is -2.21. The van der Waals surface area contributed by atoms with Crippen LogP contribution in [-0.2, 0) is 4.79 Å². The number of anilines is 1. The summed E-state index contributed by atoms with van der Waals surface area (Å²) in [6.45, 7) is 8.47. The van der Waals surface area contributed by atoms with Crippen LogP contribution in [0.4, 0.5) is 5.69 Å². The number of carbonyl (C=O) groups is 1. The average molecular weight is 355 g/mol. The summed E-state index contributed by atoms with van der Waals surface area (Å²) in [4.78, 5) is 12.7. The molecule has 1 aliphatic rings. The minimum atomic E-state index is -0.00200. The monoisotopic (exact) mass is 354 g/mol. The molecule has 108 valence electrons. The van der Waals surface area contributed by atoms with Crippen LogP contribution in [0.15, 0.2) is 22.7 Å². The fourth-order valence-corrected chi connectivity index (χ4v) is 3.42. The normalized spacial score (nSPS) is 19.4. The maximum absolute atomic E-state index is 12.5. The zero-order valence-electron chi connectivity index (χ0n) is 12.1. The molecular weight excluding hydrogens is 336 g/mol. The van der Waals surface area contributed by atoms with Gasteiger partial charge in [0.05, 0.1) is 5.69 Å². The van der Waals surface area contributed by atoms with Crippen LogP contribution < -0.4 is 11.1 Å². The number of hydrogen-bond acceptors (Lipinski definition) is 2. The van der Waals surface area contributed by atoms with E-state index in [0.29, 0.717) is 11.3 Å². The number of nitrogens with two attached hydrogens (primary N) is 1. The van der Waals surface area contributed by atoms with E-state index in [0.717, 1.165) is 4.47 Å². The Hall–Kier alpha value is -0.940. The molecule has 1 aromatic carbocycles. The molecule has 3 nitrogen and oxygen atoms in total. The highest BCUT2D eigenvalue weighted by molar-refractivity contribution is 9.10. The van der Waals surface area contributed by atoms with Crippen molar-refractivity contribution in [2.45, 2.75) is 27.7 Å². The second-order valence-electron chi connectivity index (χ2n) is 6.42. The van der Waals surface area contributed by atoms with Crippen LogP contribution in [-0.4, -0.2) is 10.9 Å². The van der Waals surface area contributed by atoms with Crippen LogP contribution in [0.5, 0.6) is 0 Å². The Balaban J connectivity index is 2.24. The first kappa shape index (κ1) is 15.4. The van der Waals surface area contributed by atoms with E-state index in [1.165, 1.54) is 0 Å². The lowest BCUT2D eigenvalue weighted by molar-refractivity contribution is -0.118. The molecule has 1 amide bonds. The van der Waals surface area contributed by atoms with Crippen LogP contribution >= 0.6 is 28.1 Å². The molecule has 1 fully saturated rings. The van der Waals surface area contributed by atoms with Crippen LogP contribution in [0, 0.1) is 16.7 Å². The minimum Gasteiger partial charge on any atom is -0.389 e. The molecule has 1 aliphatic carbocycles. The van der Waals surface area contributed by atoms with Gasteiger partial charge in [-0.1, -0.05) is 55.8 Å². The van der Waals surface area contributed by atoms with Gasteiger partial charge in [-0.15, -0.1) is 0 Å². The number of halogens is 1. The predicted octanol–water partition coefficient (Wildman–Crippen LogP) is 3.70. The minimum absolute atomic E-state index is 0.00200. The zero-order valence-corrected chi connectivity index (χ0v) is 14.5. The molecule has 0 heterocycles. The average Bonchev–Trinajstić information content (AvgIpc) is 2.71. The fourth-order valence-electron chi connectivity index (χ4n) is 2.89. The third kappa shape index (κ3) is 2.37. The van der Waals surface area contributed by atoms with Gasteiger partial charge in [0.15, 0.2) is 0 Å². The Morgan fingerprint density at radius 1 is 1.30 bits per heavy atom. The second kappa shape index (κ2) is 4.81. The summed E-state index contributed by atoms with van der Waals surface area (Å²) >= 11 is 8.42. The predicted molar refractivity (Wildman–Crippen MR) is 89.7 cm³/mol. The standard InChI is InChI=1S/C15H19BrN2OS/c1-14(2)11(15(14,3)4)13(19)18-10-6-5-8(16)7-9(10)12(17)20/h5-7,11H,1-4H3,(H2,17,20)(H,18,19). The van der Waals surface area contributed by atoms with E-state index < -0.39 is 0 Å². The summed E-state index contributed by atoms with van der Waals surface area (Å²) in [7, 11) is 0. The van der Waals surface area contributed by atoms with Crippen molar-refractivity contribution < 1.29 is 4.79 Å². The molecule has 0 bridgehead atoms. The largest absolute Gasteiger partial charge is 0.389 e. The van der Waals surface area contributed by atoms with Gasteiger partial charge < -0.3 is 11.1 Å². The van der Waals surface area contributed by atoms with Gasteiger partial charge in [0, 0.05) is 16.0 Å². The summed E-state index contributed by atoms with van der Waals surface area (Å²) in [6, 6.07) is 5.50. The van der Waals surface area contributed by atoms with Gasteiger partial charge in [-0.25, -0.2) is 0 Å². The van der Waals surface area contributed by atoms with Crippen LogP contribution in [0.25, 0.3) is 0 Å². The van der Waals surface area contributed by atoms with E-state index in [-0.39, 0.29) is 27.6 Å². The molecule has 0 aromatic heterocycles. The van der Waals surface area contributed by atoms with Gasteiger partial charge in [0.2, 0.25) is 5.91 Å². The quantitative estimate of drug-likeness (QED) is 0.813. The first-order chi connectivity index (χ1) is 9.09. The molecule has 1 saturated carbocycles. The summed E-state index contributed by atoms with van der Waals surface area (Å²) < 4.78 is 0.880. The molecule has 3 N–H and O–H groups in total. The summed E-state index contributed by atoms with van der Waals surface area (Å²) in [6.07, 6.45) is 0. The van der Waals surface area contributed by atoms with Crippen molar-refractivity contribution in [3.63, 3.8) is 0 Å². The Morgan fingerprint density at radius 3 is 2.30 bits per heavy atom. The van der Waals surface area contributed by atoms with E-state index in [4.69, 9.17) is 18.0 Å². The third-order valence-corrected chi connectivity index (χ3v) is 5.50. The molecule has 20 heavy (non-hydrogen) atoms. The number of rotatable bonds is 3. The van der Waals surface area contributed by atoms with E-state index in [1.54, 1.807) is 0 Å². The molecule has 0 aliphatic heterocycles. The maximum Gasteiger partial charge on any atom is 0.228 e. The molecule has 1 aromatic rings. The van der Waals surface area contributed by atoms with Crippen molar-refractivity contribution >= 4 is 44.7 Å². The van der Waals surface area contributed by atoms with Crippen LogP contribution in [0.2, 0.25) is 0 Å². The van der Waals surface area contributed by atoms with E-state index in [1.807, 2.05) is 18.2 Å². The molecule has 2 rings (SSSR count). The van der Waals surface area contributed by atoms with Crippen molar-refractivity contribution in [3.05, 3.63) is 28.2 Å². The summed E-state index contributed by atoms with van der Waals surface area (Å²) in [5.74, 6) is 0.0256.